The molecule has 0 N–H and O–H groups in total. The summed E-state index contributed by atoms with van der Waals surface area (Å²) in [5.74, 6) is 1.51. The predicted octanol–water partition coefficient (Wildman–Crippen LogP) is 7.77. The average molecular weight is 403 g/mol. The van der Waals surface area contributed by atoms with E-state index in [0.29, 0.717) is 12.5 Å². The second kappa shape index (κ2) is 7.06. The third-order valence-corrected chi connectivity index (χ3v) is 5.82. The van der Waals surface area contributed by atoms with Crippen LogP contribution in [0, 0.1) is 6.92 Å². The Labute approximate surface area is 181 Å². The van der Waals surface area contributed by atoms with Crippen molar-refractivity contribution in [2.45, 2.75) is 13.5 Å². The van der Waals surface area contributed by atoms with Crippen LogP contribution in [0.25, 0.3) is 22.1 Å². The molecule has 3 heteroatoms. The fourth-order valence-corrected chi connectivity index (χ4v) is 4.34. The topological polar surface area (TPSA) is 25.6 Å². The fraction of sp³-hybridized carbons (Fsp3) is 0.0714. The van der Waals surface area contributed by atoms with Crippen LogP contribution in [0.2, 0.25) is 0 Å². The molecule has 1 aromatic heterocycles. The van der Waals surface area contributed by atoms with Gasteiger partial charge in [-0.2, -0.15) is 0 Å². The van der Waals surface area contributed by atoms with Gasteiger partial charge in [0.15, 0.2) is 5.75 Å². The van der Waals surface area contributed by atoms with E-state index in [4.69, 9.17) is 9.15 Å². The van der Waals surface area contributed by atoms with Gasteiger partial charge >= 0.3 is 0 Å². The third-order valence-electron chi connectivity index (χ3n) is 5.82. The molecule has 0 amide bonds. The zero-order chi connectivity index (χ0) is 20.8. The quantitative estimate of drug-likeness (QED) is 0.301. The molecule has 0 fully saturated rings. The van der Waals surface area contributed by atoms with Crippen LogP contribution >= 0.6 is 0 Å². The number of furan rings is 1. The molecule has 4 aromatic carbocycles. The van der Waals surface area contributed by atoms with E-state index in [2.05, 4.69) is 96.8 Å². The first kappa shape index (κ1) is 17.8. The monoisotopic (exact) mass is 403 g/mol. The van der Waals surface area contributed by atoms with Crippen LogP contribution in [0.4, 0.5) is 17.3 Å². The Morgan fingerprint density at radius 2 is 1.48 bits per heavy atom. The molecule has 5 aromatic rings. The van der Waals surface area contributed by atoms with Crippen molar-refractivity contribution >= 4 is 28.2 Å². The number of benzene rings is 4. The lowest BCUT2D eigenvalue weighted by atomic mass is 10.0. The molecule has 150 valence electrons. The van der Waals surface area contributed by atoms with Gasteiger partial charge in [0.2, 0.25) is 5.88 Å². The van der Waals surface area contributed by atoms with Crippen molar-refractivity contribution in [1.82, 2.24) is 0 Å². The van der Waals surface area contributed by atoms with E-state index in [1.807, 2.05) is 12.1 Å². The average Bonchev–Trinajstić information content (AvgIpc) is 3.08. The number of para-hydroxylation sites is 2. The first-order valence-electron chi connectivity index (χ1n) is 10.5. The molecule has 1 aliphatic heterocycles. The Hall–Kier alpha value is -3.98. The van der Waals surface area contributed by atoms with Crippen LogP contribution in [0.1, 0.15) is 11.1 Å². The maximum atomic E-state index is 6.44. The summed E-state index contributed by atoms with van der Waals surface area (Å²) in [6, 6.07) is 33.5. The van der Waals surface area contributed by atoms with E-state index in [0.717, 1.165) is 44.8 Å². The number of fused-ring (bicyclic) bond motifs is 4. The summed E-state index contributed by atoms with van der Waals surface area (Å²) in [5, 5.41) is 1.00. The van der Waals surface area contributed by atoms with Crippen LogP contribution in [-0.2, 0) is 6.61 Å². The lowest BCUT2D eigenvalue weighted by Crippen LogP contribution is -2.11. The predicted molar refractivity (Wildman–Crippen MR) is 125 cm³/mol. The van der Waals surface area contributed by atoms with Crippen molar-refractivity contribution in [3.05, 3.63) is 108 Å². The van der Waals surface area contributed by atoms with Gasteiger partial charge in [0.25, 0.3) is 0 Å². The molecule has 0 aliphatic carbocycles. The molecule has 2 heterocycles. The zero-order valence-electron chi connectivity index (χ0n) is 17.2. The van der Waals surface area contributed by atoms with E-state index < -0.39 is 0 Å². The van der Waals surface area contributed by atoms with Crippen molar-refractivity contribution in [1.29, 1.82) is 0 Å². The Morgan fingerprint density at radius 3 is 2.35 bits per heavy atom. The lowest BCUT2D eigenvalue weighted by Gasteiger charge is -2.25. The van der Waals surface area contributed by atoms with Crippen molar-refractivity contribution in [2.24, 2.45) is 0 Å². The minimum atomic E-state index is 0.496. The summed E-state index contributed by atoms with van der Waals surface area (Å²) in [6.07, 6.45) is 0. The Morgan fingerprint density at radius 1 is 0.742 bits per heavy atom. The first-order valence-corrected chi connectivity index (χ1v) is 10.5. The van der Waals surface area contributed by atoms with Gasteiger partial charge in [0, 0.05) is 11.1 Å². The van der Waals surface area contributed by atoms with E-state index in [-0.39, 0.29) is 0 Å². The number of anilines is 3. The standard InChI is InChI=1S/C28H21NO2/c1-19-15-16-26-23(17-19)27-28(31-26)29(24-13-7-5-11-21(24)18-30-27)25-14-8-6-12-22(25)20-9-3-2-4-10-20/h2-17H,18H2,1H3. The van der Waals surface area contributed by atoms with Crippen molar-refractivity contribution < 1.29 is 9.15 Å². The summed E-state index contributed by atoms with van der Waals surface area (Å²) in [7, 11) is 0. The fourth-order valence-electron chi connectivity index (χ4n) is 4.34. The van der Waals surface area contributed by atoms with Gasteiger partial charge in [0.1, 0.15) is 12.2 Å². The maximum absolute atomic E-state index is 6.44. The van der Waals surface area contributed by atoms with Crippen molar-refractivity contribution in [3.63, 3.8) is 0 Å². The normalized spacial score (nSPS) is 12.7. The highest BCUT2D eigenvalue weighted by Gasteiger charge is 2.30. The van der Waals surface area contributed by atoms with E-state index >= 15 is 0 Å². The zero-order valence-corrected chi connectivity index (χ0v) is 17.2. The third kappa shape index (κ3) is 2.89. The van der Waals surface area contributed by atoms with Crippen LogP contribution in [0.15, 0.2) is 101 Å². The van der Waals surface area contributed by atoms with Gasteiger partial charge in [-0.15, -0.1) is 0 Å². The van der Waals surface area contributed by atoms with Crippen LogP contribution in [-0.4, -0.2) is 0 Å². The van der Waals surface area contributed by atoms with E-state index in [1.165, 1.54) is 5.56 Å². The SMILES string of the molecule is Cc1ccc2oc3c(c2c1)OCc1ccccc1N3c1ccccc1-c1ccccc1. The molecule has 0 saturated carbocycles. The van der Waals surface area contributed by atoms with Crippen LogP contribution < -0.4 is 9.64 Å². The number of nitrogens with zero attached hydrogens (tertiary/aromatic N) is 1. The van der Waals surface area contributed by atoms with Gasteiger partial charge in [-0.3, -0.25) is 4.90 Å². The van der Waals surface area contributed by atoms with Gasteiger partial charge in [-0.05, 0) is 36.8 Å². The number of aryl methyl sites for hydroxylation is 1. The number of ether oxygens (including phenoxy) is 1. The molecule has 0 saturated heterocycles. The summed E-state index contributed by atoms with van der Waals surface area (Å²) >= 11 is 0. The summed E-state index contributed by atoms with van der Waals surface area (Å²) < 4.78 is 12.8. The van der Waals surface area contributed by atoms with E-state index in [1.54, 1.807) is 0 Å². The van der Waals surface area contributed by atoms with Gasteiger partial charge in [0.05, 0.1) is 16.8 Å². The largest absolute Gasteiger partial charge is 0.483 e. The molecule has 1 aliphatic rings. The Bertz CT molecular complexity index is 1400. The second-order valence-electron chi connectivity index (χ2n) is 7.87. The molecule has 0 bridgehead atoms. The maximum Gasteiger partial charge on any atom is 0.248 e. The Kier molecular flexibility index (Phi) is 4.07. The highest BCUT2D eigenvalue weighted by atomic mass is 16.5. The molecular weight excluding hydrogens is 382 g/mol. The van der Waals surface area contributed by atoms with Gasteiger partial charge in [-0.1, -0.05) is 78.4 Å². The number of hydrogen-bond donors (Lipinski definition) is 0. The lowest BCUT2D eigenvalue weighted by molar-refractivity contribution is 0.311. The summed E-state index contributed by atoms with van der Waals surface area (Å²) in [4.78, 5) is 2.20. The van der Waals surface area contributed by atoms with Gasteiger partial charge < -0.3 is 9.15 Å². The van der Waals surface area contributed by atoms with E-state index in [9.17, 15) is 0 Å². The number of hydrogen-bond acceptors (Lipinski definition) is 3. The minimum Gasteiger partial charge on any atom is -0.483 e. The first-order chi connectivity index (χ1) is 15.3. The smallest absolute Gasteiger partial charge is 0.248 e. The molecule has 31 heavy (non-hydrogen) atoms. The molecular formula is C28H21NO2. The molecule has 6 rings (SSSR count). The number of rotatable bonds is 2. The van der Waals surface area contributed by atoms with Crippen LogP contribution in [0.3, 0.4) is 0 Å². The molecule has 0 atom stereocenters. The van der Waals surface area contributed by atoms with Gasteiger partial charge in [-0.25, -0.2) is 0 Å². The molecule has 0 unspecified atom stereocenters. The molecule has 3 nitrogen and oxygen atoms in total. The highest BCUT2D eigenvalue weighted by molar-refractivity contribution is 5.97. The second-order valence-corrected chi connectivity index (χ2v) is 7.87. The summed E-state index contributed by atoms with van der Waals surface area (Å²) in [5.41, 5.74) is 7.56. The van der Waals surface area contributed by atoms with Crippen molar-refractivity contribution in [3.8, 4) is 16.9 Å². The Balaban J connectivity index is 1.67. The van der Waals surface area contributed by atoms with Crippen LogP contribution in [0.5, 0.6) is 5.75 Å². The summed E-state index contributed by atoms with van der Waals surface area (Å²) in [6.45, 7) is 2.59. The molecule has 0 spiro atoms. The van der Waals surface area contributed by atoms with Crippen molar-refractivity contribution in [2.75, 3.05) is 4.90 Å². The molecule has 0 radical (unpaired) electrons. The minimum absolute atomic E-state index is 0.496. The highest BCUT2D eigenvalue weighted by Crippen LogP contribution is 2.51.